The molecule has 3 heteroatoms. The average molecular weight is 130 g/mol. The predicted molar refractivity (Wildman–Crippen MR) is 32.1 cm³/mol. The molecule has 0 spiro atoms. The molecular weight excluding hydrogens is 126 g/mol. The Labute approximate surface area is 51.9 Å². The van der Waals surface area contributed by atoms with Crippen LogP contribution in [0.15, 0.2) is 16.2 Å². The molecule has 1 aliphatic rings. The van der Waals surface area contributed by atoms with Crippen LogP contribution in [-0.2, 0) is 4.79 Å². The van der Waals surface area contributed by atoms with Crippen LogP contribution in [0.1, 0.15) is 6.42 Å². The van der Waals surface area contributed by atoms with Gasteiger partial charge in [0.25, 0.3) is 0 Å². The van der Waals surface area contributed by atoms with Crippen LogP contribution >= 0.6 is 11.6 Å². The van der Waals surface area contributed by atoms with Gasteiger partial charge in [-0.05, 0) is 0 Å². The predicted octanol–water partition coefficient (Wildman–Crippen LogP) is 1.11. The summed E-state index contributed by atoms with van der Waals surface area (Å²) >= 11 is 5.36. The molecule has 0 atom stereocenters. The highest BCUT2D eigenvalue weighted by Gasteiger charge is 2.06. The van der Waals surface area contributed by atoms with Gasteiger partial charge < -0.3 is 0 Å². The molecule has 1 rings (SSSR count). The van der Waals surface area contributed by atoms with Gasteiger partial charge in [-0.3, -0.25) is 9.79 Å². The van der Waals surface area contributed by atoms with E-state index >= 15 is 0 Å². The largest absolute Gasteiger partial charge is 0.293 e. The number of nitrogens with zero attached hydrogens (tertiary/aromatic N) is 1. The molecule has 0 fully saturated rings. The highest BCUT2D eigenvalue weighted by atomic mass is 35.5. The maximum absolute atomic E-state index is 10.5. The van der Waals surface area contributed by atoms with Gasteiger partial charge in [-0.2, -0.15) is 0 Å². The van der Waals surface area contributed by atoms with Gasteiger partial charge >= 0.3 is 0 Å². The van der Waals surface area contributed by atoms with Crippen LogP contribution in [0.3, 0.4) is 0 Å². The van der Waals surface area contributed by atoms with Gasteiger partial charge in [-0.25, -0.2) is 0 Å². The van der Waals surface area contributed by atoms with Gasteiger partial charge in [-0.15, -0.1) is 0 Å². The zero-order valence-corrected chi connectivity index (χ0v) is 4.85. The van der Waals surface area contributed by atoms with Crippen molar-refractivity contribution in [2.75, 3.05) is 0 Å². The van der Waals surface area contributed by atoms with Crippen molar-refractivity contribution in [3.05, 3.63) is 11.2 Å². The second kappa shape index (κ2) is 2.09. The van der Waals surface area contributed by atoms with Crippen molar-refractivity contribution in [1.82, 2.24) is 0 Å². The van der Waals surface area contributed by atoms with Crippen molar-refractivity contribution < 1.29 is 4.79 Å². The van der Waals surface area contributed by atoms with Crippen LogP contribution in [0.25, 0.3) is 0 Å². The fraction of sp³-hybridized carbons (Fsp3) is 0.200. The number of aliphatic imine (C=N–C) groups is 1. The first-order valence-electron chi connectivity index (χ1n) is 2.21. The molecule has 0 aromatic heterocycles. The molecule has 0 radical (unpaired) electrons. The number of rotatable bonds is 0. The van der Waals surface area contributed by atoms with Crippen molar-refractivity contribution in [2.45, 2.75) is 6.42 Å². The van der Waals surface area contributed by atoms with E-state index in [9.17, 15) is 4.79 Å². The van der Waals surface area contributed by atoms with Crippen molar-refractivity contribution in [3.63, 3.8) is 0 Å². The van der Waals surface area contributed by atoms with Crippen molar-refractivity contribution in [1.29, 1.82) is 0 Å². The van der Waals surface area contributed by atoms with E-state index in [1.165, 1.54) is 12.4 Å². The number of Topliss-reactive ketones (excluding diaryl/α,β-unsaturated/α-hetero) is 1. The minimum atomic E-state index is -0.0540. The molecule has 0 aromatic carbocycles. The van der Waals surface area contributed by atoms with Crippen LogP contribution in [0.5, 0.6) is 0 Å². The molecule has 42 valence electrons. The fourth-order valence-electron chi connectivity index (χ4n) is 0.423. The summed E-state index contributed by atoms with van der Waals surface area (Å²) in [5.41, 5.74) is 0. The molecule has 0 N–H and O–H groups in total. The van der Waals surface area contributed by atoms with Crippen LogP contribution in [0.2, 0.25) is 0 Å². The normalized spacial score (nSPS) is 18.6. The lowest BCUT2D eigenvalue weighted by molar-refractivity contribution is -0.113. The molecule has 0 saturated carbocycles. The third-order valence-electron chi connectivity index (χ3n) is 0.836. The Morgan fingerprint density at radius 3 is 2.88 bits per heavy atom. The van der Waals surface area contributed by atoms with Crippen LogP contribution in [-0.4, -0.2) is 12.0 Å². The van der Waals surface area contributed by atoms with Crippen LogP contribution in [0.4, 0.5) is 0 Å². The van der Waals surface area contributed by atoms with E-state index in [1.54, 1.807) is 0 Å². The minimum Gasteiger partial charge on any atom is -0.293 e. The van der Waals surface area contributed by atoms with E-state index in [0.29, 0.717) is 6.42 Å². The van der Waals surface area contributed by atoms with E-state index in [4.69, 9.17) is 11.6 Å². The molecular formula is C5H4ClNO. The Hall–Kier alpha value is -0.630. The standard InChI is InChI=1S/C5H4ClNO/c6-4-3-7-2-1-5(4)8/h2-3H,1H2. The van der Waals surface area contributed by atoms with E-state index in [2.05, 4.69) is 4.99 Å². The van der Waals surface area contributed by atoms with E-state index in [1.807, 2.05) is 0 Å². The quantitative estimate of drug-likeness (QED) is 0.482. The summed E-state index contributed by atoms with van der Waals surface area (Å²) in [6, 6.07) is 0. The smallest absolute Gasteiger partial charge is 0.181 e. The number of carbonyl (C=O) groups excluding carboxylic acids is 1. The molecule has 0 aromatic rings. The first kappa shape index (κ1) is 5.51. The van der Waals surface area contributed by atoms with Crippen LogP contribution < -0.4 is 0 Å². The Bertz CT molecular complexity index is 171. The van der Waals surface area contributed by atoms with Gasteiger partial charge in [0.05, 0.1) is 0 Å². The summed E-state index contributed by atoms with van der Waals surface area (Å²) in [7, 11) is 0. The molecule has 0 aliphatic carbocycles. The molecule has 2 nitrogen and oxygen atoms in total. The zero-order chi connectivity index (χ0) is 5.98. The summed E-state index contributed by atoms with van der Waals surface area (Å²) in [6.45, 7) is 0. The second-order valence-corrected chi connectivity index (χ2v) is 1.84. The average Bonchev–Trinajstić information content (AvgIpc) is 1.77. The molecule has 0 amide bonds. The van der Waals surface area contributed by atoms with Crippen LogP contribution in [0, 0.1) is 0 Å². The van der Waals surface area contributed by atoms with Gasteiger partial charge in [-0.1, -0.05) is 11.6 Å². The summed E-state index contributed by atoms with van der Waals surface area (Å²) in [6.07, 6.45) is 3.23. The van der Waals surface area contributed by atoms with Crippen molar-refractivity contribution in [3.8, 4) is 0 Å². The van der Waals surface area contributed by atoms with Gasteiger partial charge in [0.2, 0.25) is 0 Å². The number of allylic oxidation sites excluding steroid dienone is 1. The van der Waals surface area contributed by atoms with E-state index in [0.717, 1.165) is 0 Å². The fourth-order valence-corrected chi connectivity index (χ4v) is 0.557. The van der Waals surface area contributed by atoms with E-state index < -0.39 is 0 Å². The first-order valence-corrected chi connectivity index (χ1v) is 2.59. The molecule has 0 unspecified atom stereocenters. The number of hydrogen-bond acceptors (Lipinski definition) is 2. The summed E-state index contributed by atoms with van der Waals surface area (Å²) in [5, 5.41) is 0.229. The third-order valence-corrected chi connectivity index (χ3v) is 1.14. The van der Waals surface area contributed by atoms with Crippen molar-refractivity contribution >= 4 is 23.6 Å². The van der Waals surface area contributed by atoms with Gasteiger partial charge in [0.1, 0.15) is 5.03 Å². The highest BCUT2D eigenvalue weighted by molar-refractivity contribution is 6.43. The minimum absolute atomic E-state index is 0.0540. The summed E-state index contributed by atoms with van der Waals surface area (Å²) in [4.78, 5) is 14.2. The number of halogens is 1. The molecule has 1 aliphatic heterocycles. The maximum Gasteiger partial charge on any atom is 0.181 e. The lowest BCUT2D eigenvalue weighted by Gasteiger charge is -1.95. The summed E-state index contributed by atoms with van der Waals surface area (Å²) < 4.78 is 0. The highest BCUT2D eigenvalue weighted by Crippen LogP contribution is 2.07. The topological polar surface area (TPSA) is 29.4 Å². The number of ketones is 1. The lowest BCUT2D eigenvalue weighted by atomic mass is 10.3. The molecule has 0 bridgehead atoms. The monoisotopic (exact) mass is 129 g/mol. The zero-order valence-electron chi connectivity index (χ0n) is 4.10. The molecule has 0 saturated heterocycles. The molecule has 8 heavy (non-hydrogen) atoms. The third kappa shape index (κ3) is 0.954. The Morgan fingerprint density at radius 1 is 1.75 bits per heavy atom. The van der Waals surface area contributed by atoms with E-state index in [-0.39, 0.29) is 10.8 Å². The van der Waals surface area contributed by atoms with Gasteiger partial charge in [0.15, 0.2) is 5.78 Å². The lowest BCUT2D eigenvalue weighted by Crippen LogP contribution is -2.00. The Balaban J connectivity index is 2.80. The number of carbonyl (C=O) groups is 1. The second-order valence-electron chi connectivity index (χ2n) is 1.44. The van der Waals surface area contributed by atoms with Gasteiger partial charge in [0, 0.05) is 18.8 Å². The van der Waals surface area contributed by atoms with Crippen molar-refractivity contribution in [2.24, 2.45) is 4.99 Å². The maximum atomic E-state index is 10.5. The first-order chi connectivity index (χ1) is 3.80. The Morgan fingerprint density at radius 2 is 2.50 bits per heavy atom. The Kier molecular flexibility index (Phi) is 1.44. The molecule has 1 heterocycles. The summed E-state index contributed by atoms with van der Waals surface area (Å²) in [5.74, 6) is -0.0540. The SMILES string of the molecule is O=C1CC=NC=C1Cl. The number of hydrogen-bond donors (Lipinski definition) is 0.